The zero-order valence-corrected chi connectivity index (χ0v) is 12.2. The SMILES string of the molecule is c1c[nH]c(P(C2CCCCC2)C2CCCCC2)n1. The Morgan fingerprint density at radius 1 is 0.889 bits per heavy atom. The highest BCUT2D eigenvalue weighted by atomic mass is 31.1. The molecule has 3 rings (SSSR count). The van der Waals surface area contributed by atoms with Crippen molar-refractivity contribution in [3.63, 3.8) is 0 Å². The van der Waals surface area contributed by atoms with Gasteiger partial charge in [0.25, 0.3) is 0 Å². The van der Waals surface area contributed by atoms with E-state index in [1.165, 1.54) is 69.8 Å². The molecular weight excluding hydrogens is 239 g/mol. The van der Waals surface area contributed by atoms with E-state index in [9.17, 15) is 0 Å². The van der Waals surface area contributed by atoms with Crippen molar-refractivity contribution in [3.05, 3.63) is 12.4 Å². The first-order chi connectivity index (χ1) is 8.95. The van der Waals surface area contributed by atoms with E-state index in [4.69, 9.17) is 0 Å². The van der Waals surface area contributed by atoms with Gasteiger partial charge < -0.3 is 4.98 Å². The molecule has 2 nitrogen and oxygen atoms in total. The third-order valence-electron chi connectivity index (χ3n) is 4.66. The Kier molecular flexibility index (Phi) is 4.36. The van der Waals surface area contributed by atoms with Gasteiger partial charge in [0.2, 0.25) is 0 Å². The van der Waals surface area contributed by atoms with Crippen LogP contribution in [0.15, 0.2) is 12.4 Å². The topological polar surface area (TPSA) is 28.7 Å². The van der Waals surface area contributed by atoms with Gasteiger partial charge in [-0.2, -0.15) is 0 Å². The summed E-state index contributed by atoms with van der Waals surface area (Å²) in [6, 6.07) is 0. The third kappa shape index (κ3) is 2.79. The van der Waals surface area contributed by atoms with Crippen LogP contribution in [0.4, 0.5) is 0 Å². The summed E-state index contributed by atoms with van der Waals surface area (Å²) in [7, 11) is -0.0217. The molecule has 0 saturated heterocycles. The fourth-order valence-electron chi connectivity index (χ4n) is 3.76. The first-order valence-electron chi connectivity index (χ1n) is 7.73. The molecule has 0 bridgehead atoms. The van der Waals surface area contributed by atoms with Gasteiger partial charge in [-0.1, -0.05) is 38.5 Å². The third-order valence-corrected chi connectivity index (χ3v) is 8.00. The predicted octanol–water partition coefficient (Wildman–Crippen LogP) is 4.18. The van der Waals surface area contributed by atoms with Crippen LogP contribution in [0, 0.1) is 0 Å². The smallest absolute Gasteiger partial charge is 0.129 e. The largest absolute Gasteiger partial charge is 0.345 e. The summed E-state index contributed by atoms with van der Waals surface area (Å²) < 4.78 is 0. The number of hydrogen-bond acceptors (Lipinski definition) is 1. The van der Waals surface area contributed by atoms with Crippen molar-refractivity contribution < 1.29 is 0 Å². The van der Waals surface area contributed by atoms with E-state index < -0.39 is 0 Å². The maximum absolute atomic E-state index is 4.64. The molecule has 2 saturated carbocycles. The fourth-order valence-corrected chi connectivity index (χ4v) is 7.32. The molecular formula is C15H25N2P. The number of nitrogens with one attached hydrogen (secondary N) is 1. The van der Waals surface area contributed by atoms with Gasteiger partial charge >= 0.3 is 0 Å². The van der Waals surface area contributed by atoms with E-state index in [0.717, 1.165) is 11.3 Å². The van der Waals surface area contributed by atoms with Crippen LogP contribution in [0.3, 0.4) is 0 Å². The normalized spacial score (nSPS) is 23.6. The Morgan fingerprint density at radius 2 is 1.44 bits per heavy atom. The molecule has 0 aliphatic heterocycles. The molecule has 0 spiro atoms. The Hall–Kier alpha value is -0.360. The maximum Gasteiger partial charge on any atom is 0.129 e. The second-order valence-corrected chi connectivity index (χ2v) is 8.60. The van der Waals surface area contributed by atoms with Gasteiger partial charge in [0.15, 0.2) is 0 Å². The van der Waals surface area contributed by atoms with Crippen LogP contribution >= 0.6 is 7.92 Å². The van der Waals surface area contributed by atoms with E-state index in [0.29, 0.717) is 0 Å². The molecule has 0 unspecified atom stereocenters. The molecule has 2 fully saturated rings. The highest BCUT2D eigenvalue weighted by Gasteiger charge is 2.33. The Balaban J connectivity index is 1.78. The lowest BCUT2D eigenvalue weighted by molar-refractivity contribution is 0.486. The highest BCUT2D eigenvalue weighted by Crippen LogP contribution is 2.53. The molecule has 1 N–H and O–H groups in total. The van der Waals surface area contributed by atoms with Gasteiger partial charge in [-0.3, -0.25) is 0 Å². The number of aromatic amines is 1. The molecule has 3 heteroatoms. The first kappa shape index (κ1) is 12.7. The zero-order valence-electron chi connectivity index (χ0n) is 11.3. The van der Waals surface area contributed by atoms with Crippen LogP contribution in [-0.4, -0.2) is 21.3 Å². The van der Waals surface area contributed by atoms with Crippen molar-refractivity contribution in [2.45, 2.75) is 75.5 Å². The lowest BCUT2D eigenvalue weighted by atomic mass is 9.99. The van der Waals surface area contributed by atoms with Gasteiger partial charge in [0.05, 0.1) is 0 Å². The number of H-pyrrole nitrogens is 1. The van der Waals surface area contributed by atoms with Gasteiger partial charge in [0, 0.05) is 12.4 Å². The van der Waals surface area contributed by atoms with Gasteiger partial charge in [-0.15, -0.1) is 0 Å². The minimum atomic E-state index is -0.0217. The van der Waals surface area contributed by atoms with Crippen LogP contribution in [0.2, 0.25) is 0 Å². The van der Waals surface area contributed by atoms with Crippen LogP contribution in [0.1, 0.15) is 64.2 Å². The molecule has 0 radical (unpaired) electrons. The molecule has 2 aliphatic rings. The monoisotopic (exact) mass is 264 g/mol. The molecule has 0 aromatic carbocycles. The van der Waals surface area contributed by atoms with Gasteiger partial charge in [0.1, 0.15) is 5.57 Å². The summed E-state index contributed by atoms with van der Waals surface area (Å²) in [5, 5.41) is 0. The number of rotatable bonds is 3. The molecule has 100 valence electrons. The second-order valence-electron chi connectivity index (χ2n) is 5.90. The minimum absolute atomic E-state index is 0.0217. The molecule has 2 aliphatic carbocycles. The summed E-state index contributed by atoms with van der Waals surface area (Å²) in [6.45, 7) is 0. The summed E-state index contributed by atoms with van der Waals surface area (Å²) in [6.07, 6.45) is 18.6. The number of nitrogens with zero attached hydrogens (tertiary/aromatic N) is 1. The number of imidazole rings is 1. The Bertz CT molecular complexity index is 319. The van der Waals surface area contributed by atoms with Crippen molar-refractivity contribution in [3.8, 4) is 0 Å². The van der Waals surface area contributed by atoms with E-state index in [2.05, 4.69) is 9.97 Å². The van der Waals surface area contributed by atoms with E-state index in [1.807, 2.05) is 12.4 Å². The summed E-state index contributed by atoms with van der Waals surface area (Å²) in [5.74, 6) is 0. The zero-order chi connectivity index (χ0) is 12.2. The molecule has 1 aromatic heterocycles. The summed E-state index contributed by atoms with van der Waals surface area (Å²) in [4.78, 5) is 8.09. The summed E-state index contributed by atoms with van der Waals surface area (Å²) in [5.41, 5.74) is 3.27. The molecule has 0 atom stereocenters. The lowest BCUT2D eigenvalue weighted by Crippen LogP contribution is -2.27. The van der Waals surface area contributed by atoms with E-state index in [-0.39, 0.29) is 7.92 Å². The quantitative estimate of drug-likeness (QED) is 0.815. The Labute approximate surface area is 112 Å². The van der Waals surface area contributed by atoms with Crippen molar-refractivity contribution in [1.82, 2.24) is 9.97 Å². The van der Waals surface area contributed by atoms with Crippen molar-refractivity contribution >= 4 is 13.5 Å². The van der Waals surface area contributed by atoms with Crippen LogP contribution in [0.5, 0.6) is 0 Å². The molecule has 18 heavy (non-hydrogen) atoms. The standard InChI is InChI=1S/C15H25N2P/c1-3-7-13(8-4-1)18(15-16-11-12-17-15)14-9-5-2-6-10-14/h11-14H,1-10H2,(H,16,17). The minimum Gasteiger partial charge on any atom is -0.345 e. The van der Waals surface area contributed by atoms with Crippen molar-refractivity contribution in [2.75, 3.05) is 0 Å². The summed E-state index contributed by atoms with van der Waals surface area (Å²) >= 11 is 0. The van der Waals surface area contributed by atoms with Crippen molar-refractivity contribution in [1.29, 1.82) is 0 Å². The molecule has 1 aromatic rings. The molecule has 1 heterocycles. The van der Waals surface area contributed by atoms with Gasteiger partial charge in [-0.25, -0.2) is 4.98 Å². The average molecular weight is 264 g/mol. The van der Waals surface area contributed by atoms with Crippen molar-refractivity contribution in [2.24, 2.45) is 0 Å². The predicted molar refractivity (Wildman–Crippen MR) is 78.9 cm³/mol. The Morgan fingerprint density at radius 3 is 1.89 bits per heavy atom. The van der Waals surface area contributed by atoms with Gasteiger partial charge in [-0.05, 0) is 44.9 Å². The molecule has 0 amide bonds. The fraction of sp³-hybridized carbons (Fsp3) is 0.800. The number of aromatic nitrogens is 2. The van der Waals surface area contributed by atoms with Crippen LogP contribution in [-0.2, 0) is 0 Å². The average Bonchev–Trinajstić information content (AvgIpc) is 2.95. The lowest BCUT2D eigenvalue weighted by Gasteiger charge is -2.37. The van der Waals surface area contributed by atoms with Crippen LogP contribution in [0.25, 0.3) is 0 Å². The second kappa shape index (κ2) is 6.19. The van der Waals surface area contributed by atoms with E-state index in [1.54, 1.807) is 0 Å². The highest BCUT2D eigenvalue weighted by molar-refractivity contribution is 7.66. The first-order valence-corrected chi connectivity index (χ1v) is 9.21. The number of hydrogen-bond donors (Lipinski definition) is 1. The van der Waals surface area contributed by atoms with Crippen LogP contribution < -0.4 is 5.57 Å². The van der Waals surface area contributed by atoms with E-state index >= 15 is 0 Å². The maximum atomic E-state index is 4.64.